The smallest absolute Gasteiger partial charge is 0.238 e. The highest BCUT2D eigenvalue weighted by molar-refractivity contribution is 6.09. The average Bonchev–Trinajstić information content (AvgIpc) is 3.53. The third-order valence-electron chi connectivity index (χ3n) is 9.06. The summed E-state index contributed by atoms with van der Waals surface area (Å²) in [7, 11) is 0. The first-order valence-electron chi connectivity index (χ1n) is 16.5. The molecule has 49 heavy (non-hydrogen) atoms. The second-order valence-corrected chi connectivity index (χ2v) is 12.1. The van der Waals surface area contributed by atoms with Crippen molar-refractivity contribution in [1.29, 1.82) is 0 Å². The summed E-state index contributed by atoms with van der Waals surface area (Å²) in [6.45, 7) is 0. The van der Waals surface area contributed by atoms with E-state index in [0.29, 0.717) is 17.6 Å². The Morgan fingerprint density at radius 3 is 1.16 bits per heavy atom. The van der Waals surface area contributed by atoms with Crippen molar-refractivity contribution in [2.75, 3.05) is 0 Å². The van der Waals surface area contributed by atoms with Gasteiger partial charge in [-0.25, -0.2) is 4.98 Å². The Kier molecular flexibility index (Phi) is 7.10. The second-order valence-electron chi connectivity index (χ2n) is 12.1. The van der Waals surface area contributed by atoms with Crippen LogP contribution in [0.2, 0.25) is 0 Å². The van der Waals surface area contributed by atoms with Gasteiger partial charge in [0.2, 0.25) is 5.95 Å². The van der Waals surface area contributed by atoms with Crippen LogP contribution in [0.15, 0.2) is 182 Å². The molecule has 0 atom stereocenters. The molecule has 0 aliphatic heterocycles. The van der Waals surface area contributed by atoms with E-state index < -0.39 is 0 Å². The second kappa shape index (κ2) is 12.2. The Morgan fingerprint density at radius 2 is 0.653 bits per heavy atom. The summed E-state index contributed by atoms with van der Waals surface area (Å²) < 4.78 is 2.16. The van der Waals surface area contributed by atoms with Crippen molar-refractivity contribution in [1.82, 2.24) is 19.5 Å². The van der Waals surface area contributed by atoms with E-state index in [4.69, 9.17) is 15.0 Å². The Balaban J connectivity index is 1.29. The summed E-state index contributed by atoms with van der Waals surface area (Å²) >= 11 is 0. The van der Waals surface area contributed by atoms with Gasteiger partial charge in [-0.1, -0.05) is 152 Å². The van der Waals surface area contributed by atoms with Crippen LogP contribution in [0.3, 0.4) is 0 Å². The molecular formula is C45H30N4. The van der Waals surface area contributed by atoms with Gasteiger partial charge in [-0.05, 0) is 63.7 Å². The zero-order valence-electron chi connectivity index (χ0n) is 26.6. The number of rotatable bonds is 6. The van der Waals surface area contributed by atoms with Crippen molar-refractivity contribution in [3.05, 3.63) is 182 Å². The molecule has 7 aromatic carbocycles. The molecule has 0 saturated heterocycles. The fraction of sp³-hybridized carbons (Fsp3) is 0. The maximum atomic E-state index is 5.25. The number of para-hydroxylation sites is 2. The van der Waals surface area contributed by atoms with Crippen molar-refractivity contribution in [3.63, 3.8) is 0 Å². The van der Waals surface area contributed by atoms with Gasteiger partial charge in [-0.2, -0.15) is 9.97 Å². The summed E-state index contributed by atoms with van der Waals surface area (Å²) in [5.41, 5.74) is 10.7. The number of fused-ring (bicyclic) bond motifs is 3. The van der Waals surface area contributed by atoms with Gasteiger partial charge in [0.05, 0.1) is 11.0 Å². The molecular weight excluding hydrogens is 597 g/mol. The van der Waals surface area contributed by atoms with Crippen molar-refractivity contribution >= 4 is 21.8 Å². The standard InChI is InChI=1S/C45H30N4/c1-4-14-31(15-5-1)34-24-26-35(27-25-34)43-46-44(48-45(47-43)49-41-22-12-10-20-39(41)40-21-11-13-23-42(40)49)38-29-36(32-16-6-2-7-17-32)28-37(30-38)33-18-8-3-9-19-33/h1-30H. The lowest BCUT2D eigenvalue weighted by atomic mass is 9.96. The number of aromatic nitrogens is 4. The number of benzene rings is 7. The fourth-order valence-corrected chi connectivity index (χ4v) is 6.65. The first-order chi connectivity index (χ1) is 24.3. The molecule has 230 valence electrons. The fourth-order valence-electron chi connectivity index (χ4n) is 6.65. The first-order valence-corrected chi connectivity index (χ1v) is 16.5. The van der Waals surface area contributed by atoms with Crippen molar-refractivity contribution in [2.45, 2.75) is 0 Å². The highest BCUT2D eigenvalue weighted by Crippen LogP contribution is 2.35. The van der Waals surface area contributed by atoms with Gasteiger partial charge in [0.15, 0.2) is 11.6 Å². The monoisotopic (exact) mass is 626 g/mol. The molecule has 0 radical (unpaired) electrons. The van der Waals surface area contributed by atoms with E-state index in [1.165, 1.54) is 5.56 Å². The van der Waals surface area contributed by atoms with Gasteiger partial charge in [-0.15, -0.1) is 0 Å². The molecule has 9 aromatic rings. The van der Waals surface area contributed by atoms with E-state index >= 15 is 0 Å². The Labute approximate surface area is 284 Å². The summed E-state index contributed by atoms with van der Waals surface area (Å²) in [5.74, 6) is 1.81. The minimum atomic E-state index is 0.580. The van der Waals surface area contributed by atoms with Crippen LogP contribution in [0, 0.1) is 0 Å². The molecule has 0 saturated carbocycles. The van der Waals surface area contributed by atoms with Crippen LogP contribution in [0.1, 0.15) is 0 Å². The molecule has 0 N–H and O–H groups in total. The number of hydrogen-bond donors (Lipinski definition) is 0. The van der Waals surface area contributed by atoms with E-state index in [1.54, 1.807) is 0 Å². The third-order valence-corrected chi connectivity index (χ3v) is 9.06. The van der Waals surface area contributed by atoms with Crippen molar-refractivity contribution in [3.8, 4) is 62.1 Å². The summed E-state index contributed by atoms with van der Waals surface area (Å²) in [6.07, 6.45) is 0. The van der Waals surface area contributed by atoms with Crippen LogP contribution in [-0.4, -0.2) is 19.5 Å². The molecule has 2 aromatic heterocycles. The van der Waals surface area contributed by atoms with Crippen LogP contribution in [0.4, 0.5) is 0 Å². The minimum absolute atomic E-state index is 0.580. The largest absolute Gasteiger partial charge is 0.278 e. The third kappa shape index (κ3) is 5.35. The molecule has 0 bridgehead atoms. The van der Waals surface area contributed by atoms with Gasteiger partial charge in [-0.3, -0.25) is 4.57 Å². The Hall–Kier alpha value is -6.65. The van der Waals surface area contributed by atoms with Crippen LogP contribution < -0.4 is 0 Å². The molecule has 4 nitrogen and oxygen atoms in total. The van der Waals surface area contributed by atoms with Crippen LogP contribution >= 0.6 is 0 Å². The molecule has 2 heterocycles. The van der Waals surface area contributed by atoms with Gasteiger partial charge in [0, 0.05) is 21.9 Å². The summed E-state index contributed by atoms with van der Waals surface area (Å²) in [5, 5.41) is 2.32. The highest BCUT2D eigenvalue weighted by Gasteiger charge is 2.18. The maximum Gasteiger partial charge on any atom is 0.238 e. The van der Waals surface area contributed by atoms with Gasteiger partial charge >= 0.3 is 0 Å². The van der Waals surface area contributed by atoms with Gasteiger partial charge < -0.3 is 0 Å². The van der Waals surface area contributed by atoms with E-state index in [1.807, 2.05) is 18.2 Å². The van der Waals surface area contributed by atoms with Gasteiger partial charge in [0.25, 0.3) is 0 Å². The minimum Gasteiger partial charge on any atom is -0.278 e. The molecule has 0 aliphatic carbocycles. The molecule has 0 aliphatic rings. The quantitative estimate of drug-likeness (QED) is 0.184. The van der Waals surface area contributed by atoms with Crippen LogP contribution in [-0.2, 0) is 0 Å². The SMILES string of the molecule is c1ccc(-c2ccc(-c3nc(-c4cc(-c5ccccc5)cc(-c5ccccc5)c4)nc(-n4c5ccccc5c5ccccc54)n3)cc2)cc1. The van der Waals surface area contributed by atoms with E-state index in [2.05, 4.69) is 168 Å². The van der Waals surface area contributed by atoms with E-state index in [0.717, 1.165) is 60.8 Å². The lowest BCUT2D eigenvalue weighted by Gasteiger charge is -2.13. The lowest BCUT2D eigenvalue weighted by Crippen LogP contribution is -2.06. The molecule has 0 unspecified atom stereocenters. The molecule has 0 spiro atoms. The normalized spacial score (nSPS) is 11.3. The molecule has 0 amide bonds. The Bertz CT molecular complexity index is 2460. The first kappa shape index (κ1) is 28.6. The average molecular weight is 627 g/mol. The number of nitrogens with zero attached hydrogens (tertiary/aromatic N) is 4. The molecule has 0 fully saturated rings. The predicted molar refractivity (Wildman–Crippen MR) is 201 cm³/mol. The van der Waals surface area contributed by atoms with Gasteiger partial charge in [0.1, 0.15) is 0 Å². The zero-order valence-corrected chi connectivity index (χ0v) is 26.6. The Morgan fingerprint density at radius 1 is 0.286 bits per heavy atom. The van der Waals surface area contributed by atoms with E-state index in [-0.39, 0.29) is 0 Å². The van der Waals surface area contributed by atoms with Crippen molar-refractivity contribution < 1.29 is 0 Å². The topological polar surface area (TPSA) is 43.6 Å². The lowest BCUT2D eigenvalue weighted by molar-refractivity contribution is 0.953. The summed E-state index contributed by atoms with van der Waals surface area (Å²) in [4.78, 5) is 15.6. The predicted octanol–water partition coefficient (Wildman–Crippen LogP) is 11.3. The maximum absolute atomic E-state index is 5.25. The number of hydrogen-bond acceptors (Lipinski definition) is 3. The summed E-state index contributed by atoms with van der Waals surface area (Å²) in [6, 6.07) is 63.4. The molecule has 9 rings (SSSR count). The zero-order chi connectivity index (χ0) is 32.6. The van der Waals surface area contributed by atoms with E-state index in [9.17, 15) is 0 Å². The molecule has 4 heteroatoms. The van der Waals surface area contributed by atoms with Crippen LogP contribution in [0.25, 0.3) is 83.9 Å². The van der Waals surface area contributed by atoms with Crippen LogP contribution in [0.5, 0.6) is 0 Å². The van der Waals surface area contributed by atoms with Crippen molar-refractivity contribution in [2.24, 2.45) is 0 Å². The highest BCUT2D eigenvalue weighted by atomic mass is 15.2.